The van der Waals surface area contributed by atoms with Crippen LogP contribution in [0.2, 0.25) is 0 Å². The third kappa shape index (κ3) is 2.84. The van der Waals surface area contributed by atoms with Gasteiger partial charge in [-0.25, -0.2) is 0 Å². The summed E-state index contributed by atoms with van der Waals surface area (Å²) in [5, 5.41) is 9.73. The lowest BCUT2D eigenvalue weighted by molar-refractivity contribution is -0.244. The van der Waals surface area contributed by atoms with E-state index in [4.69, 9.17) is 7.80 Å². The molecule has 5 unspecified atom stereocenters. The lowest BCUT2D eigenvalue weighted by Crippen LogP contribution is -2.53. The SMILES string of the molecule is CC1OC(O)C(C)C(OI)C1C(C)(C)C. The molecule has 1 fully saturated rings. The van der Waals surface area contributed by atoms with Crippen LogP contribution in [0.4, 0.5) is 0 Å². The zero-order valence-electron chi connectivity index (χ0n) is 10.0. The monoisotopic (exact) mass is 328 g/mol. The Hall–Kier alpha value is 0.610. The molecule has 1 aliphatic rings. The molecule has 1 rings (SSSR count). The normalized spacial score (nSPS) is 43.0. The molecule has 5 atom stereocenters. The summed E-state index contributed by atoms with van der Waals surface area (Å²) in [6, 6.07) is 0. The zero-order valence-corrected chi connectivity index (χ0v) is 12.2. The van der Waals surface area contributed by atoms with Gasteiger partial charge in [-0.3, -0.25) is 0 Å². The molecule has 15 heavy (non-hydrogen) atoms. The molecule has 0 aromatic rings. The van der Waals surface area contributed by atoms with E-state index in [0.29, 0.717) is 5.92 Å². The summed E-state index contributed by atoms with van der Waals surface area (Å²) in [7, 11) is 0. The van der Waals surface area contributed by atoms with E-state index in [1.54, 1.807) is 0 Å². The fourth-order valence-corrected chi connectivity index (χ4v) is 3.30. The third-order valence-corrected chi connectivity index (χ3v) is 3.87. The van der Waals surface area contributed by atoms with Crippen molar-refractivity contribution in [3.8, 4) is 0 Å². The third-order valence-electron chi connectivity index (χ3n) is 3.28. The molecule has 4 heteroatoms. The van der Waals surface area contributed by atoms with Gasteiger partial charge in [-0.2, -0.15) is 0 Å². The van der Waals surface area contributed by atoms with Crippen LogP contribution < -0.4 is 0 Å². The predicted molar refractivity (Wildman–Crippen MR) is 67.6 cm³/mol. The molecular formula is C11H21IO3. The second kappa shape index (κ2) is 4.85. The zero-order chi connectivity index (χ0) is 11.8. The van der Waals surface area contributed by atoms with Crippen LogP contribution in [0.3, 0.4) is 0 Å². The van der Waals surface area contributed by atoms with Crippen LogP contribution in [0.5, 0.6) is 0 Å². The molecule has 1 N–H and O–H groups in total. The molecule has 0 aromatic carbocycles. The minimum Gasteiger partial charge on any atom is -0.368 e. The van der Waals surface area contributed by atoms with Gasteiger partial charge in [0.05, 0.1) is 12.2 Å². The van der Waals surface area contributed by atoms with Crippen molar-refractivity contribution < 1.29 is 12.9 Å². The first kappa shape index (κ1) is 13.7. The van der Waals surface area contributed by atoms with Gasteiger partial charge >= 0.3 is 0 Å². The molecule has 0 aromatic heterocycles. The van der Waals surface area contributed by atoms with E-state index in [9.17, 15) is 5.11 Å². The highest BCUT2D eigenvalue weighted by atomic mass is 127. The van der Waals surface area contributed by atoms with E-state index in [1.807, 2.05) is 36.9 Å². The molecule has 0 radical (unpaired) electrons. The average Bonchev–Trinajstić information content (AvgIpc) is 2.08. The first-order valence-corrected chi connectivity index (χ1v) is 6.28. The molecule has 0 aliphatic carbocycles. The number of rotatable bonds is 1. The highest BCUT2D eigenvalue weighted by Gasteiger charge is 2.47. The Morgan fingerprint density at radius 3 is 2.20 bits per heavy atom. The molecule has 0 bridgehead atoms. The van der Waals surface area contributed by atoms with Crippen molar-refractivity contribution in [2.24, 2.45) is 17.3 Å². The fraction of sp³-hybridized carbons (Fsp3) is 1.00. The smallest absolute Gasteiger partial charge is 0.159 e. The average molecular weight is 328 g/mol. The number of hydrogen-bond acceptors (Lipinski definition) is 3. The van der Waals surface area contributed by atoms with Crippen LogP contribution >= 0.6 is 23.0 Å². The van der Waals surface area contributed by atoms with E-state index in [2.05, 4.69) is 20.8 Å². The summed E-state index contributed by atoms with van der Waals surface area (Å²) in [5.74, 6) is 0.315. The topological polar surface area (TPSA) is 38.7 Å². The Kier molecular flexibility index (Phi) is 4.43. The number of halogens is 1. The number of aliphatic hydroxyl groups excluding tert-OH is 1. The largest absolute Gasteiger partial charge is 0.368 e. The van der Waals surface area contributed by atoms with Gasteiger partial charge in [0.1, 0.15) is 23.0 Å². The van der Waals surface area contributed by atoms with Crippen LogP contribution in [0, 0.1) is 17.3 Å². The molecule has 0 spiro atoms. The van der Waals surface area contributed by atoms with E-state index in [0.717, 1.165) is 0 Å². The maximum Gasteiger partial charge on any atom is 0.159 e. The minimum atomic E-state index is -0.710. The van der Waals surface area contributed by atoms with Crippen LogP contribution in [0.15, 0.2) is 0 Å². The van der Waals surface area contributed by atoms with E-state index >= 15 is 0 Å². The molecule has 90 valence electrons. The Bertz CT molecular complexity index is 214. The van der Waals surface area contributed by atoms with Gasteiger partial charge in [-0.05, 0) is 12.3 Å². The Balaban J connectivity index is 2.92. The number of aliphatic hydroxyl groups is 1. The highest BCUT2D eigenvalue weighted by molar-refractivity contribution is 14.1. The molecule has 0 amide bonds. The van der Waals surface area contributed by atoms with E-state index < -0.39 is 6.29 Å². The van der Waals surface area contributed by atoms with Crippen LogP contribution in [0.25, 0.3) is 0 Å². The molecule has 0 saturated carbocycles. The van der Waals surface area contributed by atoms with Crippen molar-refractivity contribution in [3.63, 3.8) is 0 Å². The summed E-state index contributed by atoms with van der Waals surface area (Å²) >= 11 is 1.93. The minimum absolute atomic E-state index is 0.0160. The van der Waals surface area contributed by atoms with Gasteiger partial charge in [-0.15, -0.1) is 0 Å². The molecule has 1 heterocycles. The first-order chi connectivity index (χ1) is 6.79. The summed E-state index contributed by atoms with van der Waals surface area (Å²) in [5.41, 5.74) is 0.115. The van der Waals surface area contributed by atoms with Gasteiger partial charge in [0.2, 0.25) is 0 Å². The van der Waals surface area contributed by atoms with Gasteiger partial charge in [0.25, 0.3) is 0 Å². The van der Waals surface area contributed by atoms with Crippen molar-refractivity contribution in [3.05, 3.63) is 0 Å². The van der Waals surface area contributed by atoms with Crippen molar-refractivity contribution >= 4 is 23.0 Å². The maximum absolute atomic E-state index is 9.73. The van der Waals surface area contributed by atoms with E-state index in [-0.39, 0.29) is 23.5 Å². The molecule has 1 aliphatic heterocycles. The standard InChI is InChI=1S/C11H21IO3/c1-6-9(15-12)8(11(3,4)5)7(2)14-10(6)13/h6-10,13H,1-5H3. The van der Waals surface area contributed by atoms with Crippen LogP contribution in [-0.4, -0.2) is 23.6 Å². The highest BCUT2D eigenvalue weighted by Crippen LogP contribution is 2.42. The fourth-order valence-electron chi connectivity index (χ4n) is 2.52. The maximum atomic E-state index is 9.73. The van der Waals surface area contributed by atoms with Crippen molar-refractivity contribution in [2.75, 3.05) is 0 Å². The lowest BCUT2D eigenvalue weighted by atomic mass is 9.70. The Labute approximate surface area is 106 Å². The van der Waals surface area contributed by atoms with Gasteiger partial charge in [0.15, 0.2) is 6.29 Å². The van der Waals surface area contributed by atoms with Gasteiger partial charge in [-0.1, -0.05) is 27.7 Å². The van der Waals surface area contributed by atoms with Gasteiger partial charge in [0, 0.05) is 11.8 Å². The molecule has 1 saturated heterocycles. The molecular weight excluding hydrogens is 307 g/mol. The first-order valence-electron chi connectivity index (χ1n) is 5.40. The van der Waals surface area contributed by atoms with Crippen molar-refractivity contribution in [2.45, 2.75) is 53.1 Å². The predicted octanol–water partition coefficient (Wildman–Crippen LogP) is 2.76. The second-order valence-electron chi connectivity index (χ2n) is 5.54. The summed E-state index contributed by atoms with van der Waals surface area (Å²) in [6.45, 7) is 10.5. The summed E-state index contributed by atoms with van der Waals surface area (Å²) in [4.78, 5) is 0. The summed E-state index contributed by atoms with van der Waals surface area (Å²) in [6.07, 6.45) is -0.640. The molecule has 3 nitrogen and oxygen atoms in total. The Morgan fingerprint density at radius 2 is 1.80 bits per heavy atom. The van der Waals surface area contributed by atoms with Crippen LogP contribution in [0.1, 0.15) is 34.6 Å². The summed E-state index contributed by atoms with van der Waals surface area (Å²) < 4.78 is 11.1. The lowest BCUT2D eigenvalue weighted by Gasteiger charge is -2.47. The van der Waals surface area contributed by atoms with Crippen LogP contribution in [-0.2, 0) is 7.80 Å². The van der Waals surface area contributed by atoms with Crippen molar-refractivity contribution in [1.29, 1.82) is 0 Å². The number of hydrogen-bond donors (Lipinski definition) is 1. The quantitative estimate of drug-likeness (QED) is 0.753. The second-order valence-corrected chi connectivity index (χ2v) is 6.04. The van der Waals surface area contributed by atoms with Crippen molar-refractivity contribution in [1.82, 2.24) is 0 Å². The Morgan fingerprint density at radius 1 is 1.27 bits per heavy atom. The number of ether oxygens (including phenoxy) is 1. The van der Waals surface area contributed by atoms with E-state index in [1.165, 1.54) is 0 Å². The van der Waals surface area contributed by atoms with Gasteiger partial charge < -0.3 is 12.9 Å².